The maximum atomic E-state index is 13.0. The van der Waals surface area contributed by atoms with Gasteiger partial charge in [-0.3, -0.25) is 4.57 Å². The van der Waals surface area contributed by atoms with Crippen LogP contribution in [0.25, 0.3) is 27.9 Å². The summed E-state index contributed by atoms with van der Waals surface area (Å²) in [5, 5.41) is 0. The molecule has 4 aromatic rings. The molecule has 0 bridgehead atoms. The van der Waals surface area contributed by atoms with Crippen LogP contribution in [0, 0.1) is 5.92 Å². The van der Waals surface area contributed by atoms with E-state index in [-0.39, 0.29) is 5.56 Å². The summed E-state index contributed by atoms with van der Waals surface area (Å²) in [4.78, 5) is 22.6. The average molecular weight is 402 g/mol. The first kappa shape index (κ1) is 19.9. The van der Waals surface area contributed by atoms with Gasteiger partial charge in [-0.2, -0.15) is 0 Å². The summed E-state index contributed by atoms with van der Waals surface area (Å²) in [6, 6.07) is 15.6. The highest BCUT2D eigenvalue weighted by atomic mass is 16.5. The molecule has 0 radical (unpaired) electrons. The standard InChI is InChI=1S/C24H26N4O2/c1-4-16-9-5-8-12-19(16)28-22(25)20(24(29)30-14-13-15(2)3)21-23(28)27-18-11-7-6-10-17(18)26-21/h5-12,15H,4,13-14,25H2,1-3H3. The number of anilines is 1. The van der Waals surface area contributed by atoms with E-state index < -0.39 is 5.97 Å². The van der Waals surface area contributed by atoms with Gasteiger partial charge in [-0.25, -0.2) is 14.8 Å². The van der Waals surface area contributed by atoms with E-state index in [1.807, 2.05) is 47.0 Å². The molecule has 0 atom stereocenters. The molecule has 6 heteroatoms. The van der Waals surface area contributed by atoms with Crippen LogP contribution in [0.5, 0.6) is 0 Å². The molecular formula is C24H26N4O2. The summed E-state index contributed by atoms with van der Waals surface area (Å²) in [6.45, 7) is 6.61. The lowest BCUT2D eigenvalue weighted by atomic mass is 10.1. The van der Waals surface area contributed by atoms with Gasteiger partial charge in [0, 0.05) is 0 Å². The van der Waals surface area contributed by atoms with Crippen molar-refractivity contribution in [2.75, 3.05) is 12.3 Å². The van der Waals surface area contributed by atoms with Gasteiger partial charge in [0.1, 0.15) is 16.9 Å². The smallest absolute Gasteiger partial charge is 0.344 e. The average Bonchev–Trinajstić information content (AvgIpc) is 3.02. The van der Waals surface area contributed by atoms with E-state index in [1.165, 1.54) is 0 Å². The molecule has 2 heterocycles. The van der Waals surface area contributed by atoms with Crippen molar-refractivity contribution in [1.29, 1.82) is 0 Å². The molecule has 0 aliphatic carbocycles. The Bertz CT molecular complexity index is 1230. The monoisotopic (exact) mass is 402 g/mol. The predicted molar refractivity (Wildman–Crippen MR) is 120 cm³/mol. The number of aryl methyl sites for hydroxylation is 1. The molecule has 0 spiro atoms. The SMILES string of the molecule is CCc1ccccc1-n1c(N)c(C(=O)OCCC(C)C)c2nc3ccccc3nc21. The molecule has 0 aliphatic rings. The van der Waals surface area contributed by atoms with Crippen molar-refractivity contribution < 1.29 is 9.53 Å². The number of esters is 1. The highest BCUT2D eigenvalue weighted by Gasteiger charge is 2.26. The highest BCUT2D eigenvalue weighted by molar-refractivity contribution is 6.09. The Morgan fingerprint density at radius 2 is 1.73 bits per heavy atom. The van der Waals surface area contributed by atoms with E-state index in [0.717, 1.165) is 29.6 Å². The van der Waals surface area contributed by atoms with Crippen LogP contribution in [0.1, 0.15) is 43.1 Å². The van der Waals surface area contributed by atoms with Gasteiger partial charge in [0.15, 0.2) is 5.65 Å². The van der Waals surface area contributed by atoms with E-state index in [9.17, 15) is 4.79 Å². The van der Waals surface area contributed by atoms with Crippen LogP contribution in [0.15, 0.2) is 48.5 Å². The predicted octanol–water partition coefficient (Wildman–Crippen LogP) is 4.92. The zero-order valence-corrected chi connectivity index (χ0v) is 17.6. The van der Waals surface area contributed by atoms with Crippen molar-refractivity contribution in [1.82, 2.24) is 14.5 Å². The number of para-hydroxylation sites is 3. The number of rotatable bonds is 6. The molecule has 4 rings (SSSR count). The zero-order valence-electron chi connectivity index (χ0n) is 17.6. The molecule has 154 valence electrons. The van der Waals surface area contributed by atoms with Crippen LogP contribution in [0.2, 0.25) is 0 Å². The Morgan fingerprint density at radius 3 is 2.43 bits per heavy atom. The van der Waals surface area contributed by atoms with Gasteiger partial charge in [-0.15, -0.1) is 0 Å². The molecule has 2 aromatic carbocycles. The molecular weight excluding hydrogens is 376 g/mol. The van der Waals surface area contributed by atoms with Crippen molar-refractivity contribution in [2.45, 2.75) is 33.6 Å². The molecule has 0 saturated heterocycles. The summed E-state index contributed by atoms with van der Waals surface area (Å²) in [5.41, 5.74) is 11.3. The summed E-state index contributed by atoms with van der Waals surface area (Å²) < 4.78 is 7.37. The highest BCUT2D eigenvalue weighted by Crippen LogP contribution is 2.32. The minimum absolute atomic E-state index is 0.276. The fourth-order valence-electron chi connectivity index (χ4n) is 3.59. The third-order valence-electron chi connectivity index (χ3n) is 5.24. The van der Waals surface area contributed by atoms with Crippen LogP contribution in [0.3, 0.4) is 0 Å². The van der Waals surface area contributed by atoms with Gasteiger partial charge in [0.2, 0.25) is 0 Å². The van der Waals surface area contributed by atoms with Gasteiger partial charge >= 0.3 is 5.97 Å². The van der Waals surface area contributed by atoms with E-state index in [1.54, 1.807) is 0 Å². The van der Waals surface area contributed by atoms with Gasteiger partial charge in [-0.1, -0.05) is 51.1 Å². The number of ether oxygens (including phenoxy) is 1. The van der Waals surface area contributed by atoms with Crippen LogP contribution < -0.4 is 5.73 Å². The minimum Gasteiger partial charge on any atom is -0.462 e. The molecule has 2 aromatic heterocycles. The lowest BCUT2D eigenvalue weighted by Crippen LogP contribution is -2.11. The fourth-order valence-corrected chi connectivity index (χ4v) is 3.59. The first-order chi connectivity index (χ1) is 14.5. The van der Waals surface area contributed by atoms with E-state index in [0.29, 0.717) is 35.0 Å². The topological polar surface area (TPSA) is 83.0 Å². The summed E-state index contributed by atoms with van der Waals surface area (Å²) >= 11 is 0. The maximum Gasteiger partial charge on any atom is 0.344 e. The van der Waals surface area contributed by atoms with Crippen LogP contribution in [-0.4, -0.2) is 27.1 Å². The Balaban J connectivity index is 1.96. The first-order valence-electron chi connectivity index (χ1n) is 10.3. The lowest BCUT2D eigenvalue weighted by molar-refractivity contribution is 0.0491. The second-order valence-electron chi connectivity index (χ2n) is 7.78. The number of nitrogens with two attached hydrogens (primary N) is 1. The first-order valence-corrected chi connectivity index (χ1v) is 10.3. The zero-order chi connectivity index (χ0) is 21.3. The van der Waals surface area contributed by atoms with Crippen molar-refractivity contribution in [2.24, 2.45) is 5.92 Å². The number of hydrogen-bond donors (Lipinski definition) is 1. The third-order valence-corrected chi connectivity index (χ3v) is 5.24. The van der Waals surface area contributed by atoms with Crippen LogP contribution in [0.4, 0.5) is 5.82 Å². The Kier molecular flexibility index (Phi) is 5.40. The number of carbonyl (C=O) groups is 1. The number of hydrogen-bond acceptors (Lipinski definition) is 5. The second kappa shape index (κ2) is 8.14. The maximum absolute atomic E-state index is 13.0. The lowest BCUT2D eigenvalue weighted by Gasteiger charge is -2.12. The number of nitrogens with zero attached hydrogens (tertiary/aromatic N) is 3. The minimum atomic E-state index is -0.463. The normalized spacial score (nSPS) is 11.5. The van der Waals surface area contributed by atoms with Crippen molar-refractivity contribution >= 4 is 34.0 Å². The Hall–Kier alpha value is -3.41. The molecule has 0 aliphatic heterocycles. The largest absolute Gasteiger partial charge is 0.462 e. The van der Waals surface area contributed by atoms with Crippen molar-refractivity contribution in [3.8, 4) is 5.69 Å². The Morgan fingerprint density at radius 1 is 1.07 bits per heavy atom. The van der Waals surface area contributed by atoms with Crippen molar-refractivity contribution in [3.05, 3.63) is 59.7 Å². The van der Waals surface area contributed by atoms with Crippen LogP contribution >= 0.6 is 0 Å². The summed E-state index contributed by atoms with van der Waals surface area (Å²) in [6.07, 6.45) is 1.61. The van der Waals surface area contributed by atoms with Gasteiger partial charge < -0.3 is 10.5 Å². The second-order valence-corrected chi connectivity index (χ2v) is 7.78. The van der Waals surface area contributed by atoms with Gasteiger partial charge in [0.05, 0.1) is 23.3 Å². The quantitative estimate of drug-likeness (QED) is 0.463. The molecule has 2 N–H and O–H groups in total. The van der Waals surface area contributed by atoms with Gasteiger partial charge in [-0.05, 0) is 42.5 Å². The fraction of sp³-hybridized carbons (Fsp3) is 0.292. The van der Waals surface area contributed by atoms with Crippen molar-refractivity contribution in [3.63, 3.8) is 0 Å². The molecule has 0 amide bonds. The number of fused-ring (bicyclic) bond motifs is 2. The molecule has 0 fully saturated rings. The van der Waals surface area contributed by atoms with E-state index in [4.69, 9.17) is 20.4 Å². The third kappa shape index (κ3) is 3.49. The van der Waals surface area contributed by atoms with Crippen LogP contribution in [-0.2, 0) is 11.2 Å². The van der Waals surface area contributed by atoms with E-state index in [2.05, 4.69) is 26.8 Å². The Labute approximate surface area is 175 Å². The molecule has 30 heavy (non-hydrogen) atoms. The van der Waals surface area contributed by atoms with E-state index >= 15 is 0 Å². The number of carbonyl (C=O) groups excluding carboxylic acids is 1. The molecule has 0 unspecified atom stereocenters. The number of aromatic nitrogens is 3. The molecule has 6 nitrogen and oxygen atoms in total. The summed E-state index contributed by atoms with van der Waals surface area (Å²) in [7, 11) is 0. The number of nitrogen functional groups attached to an aromatic ring is 1. The molecule has 0 saturated carbocycles. The number of benzene rings is 2. The van der Waals surface area contributed by atoms with Gasteiger partial charge in [0.25, 0.3) is 0 Å². The summed E-state index contributed by atoms with van der Waals surface area (Å²) in [5.74, 6) is 0.280.